The number of ether oxygens (including phenoxy) is 4. The van der Waals surface area contributed by atoms with Crippen LogP contribution in [0.3, 0.4) is 0 Å². The van der Waals surface area contributed by atoms with Gasteiger partial charge in [-0.3, -0.25) is 4.90 Å². The minimum Gasteiger partial charge on any atom is -0.443 e. The molecule has 0 aromatic heterocycles. The smallest absolute Gasteiger partial charge is 0.410 e. The molecule has 9 heteroatoms. The largest absolute Gasteiger partial charge is 0.443 e. The number of morpholine rings is 1. The van der Waals surface area contributed by atoms with Crippen LogP contribution in [0.4, 0.5) is 4.79 Å². The van der Waals surface area contributed by atoms with E-state index in [1.54, 1.807) is 4.90 Å². The molecule has 1 amide bonds. The summed E-state index contributed by atoms with van der Waals surface area (Å²) < 4.78 is 26.5. The molecule has 9 rings (SSSR count). The van der Waals surface area contributed by atoms with Gasteiger partial charge >= 0.3 is 6.09 Å². The second kappa shape index (κ2) is 12.3. The molecule has 14 atom stereocenters. The Bertz CT molecular complexity index is 1350. The third-order valence-corrected chi connectivity index (χ3v) is 18.0. The van der Waals surface area contributed by atoms with E-state index in [9.17, 15) is 9.90 Å². The molecule has 0 bridgehead atoms. The highest BCUT2D eigenvalue weighted by atomic mass is 16.7. The Hall–Kier alpha value is -0.970. The Morgan fingerprint density at radius 2 is 1.75 bits per heavy atom. The summed E-state index contributed by atoms with van der Waals surface area (Å²) in [4.78, 5) is 17.4. The number of fused-ring (bicyclic) bond motifs is 4. The molecule has 5 saturated carbocycles. The highest BCUT2D eigenvalue weighted by Gasteiger charge is 2.84. The molecular weight excluding hydrogens is 642 g/mol. The zero-order valence-corrected chi connectivity index (χ0v) is 32.8. The Kier molecular flexibility index (Phi) is 8.59. The number of carbonyl (C=O) groups excluding carboxylic acids is 1. The zero-order valence-electron chi connectivity index (χ0n) is 32.8. The maximum atomic E-state index is 13.0. The maximum absolute atomic E-state index is 13.0. The highest BCUT2D eigenvalue weighted by Crippen LogP contribution is 2.89. The number of nitrogens with one attached hydrogen (secondary N) is 1. The lowest BCUT2D eigenvalue weighted by molar-refractivity contribution is -0.249. The number of likely N-dealkylation sites (tertiary alicyclic amines) is 1. The first-order chi connectivity index (χ1) is 24.2. The van der Waals surface area contributed by atoms with Gasteiger partial charge in [-0.1, -0.05) is 48.5 Å². The van der Waals surface area contributed by atoms with Crippen molar-refractivity contribution in [1.82, 2.24) is 15.1 Å². The van der Waals surface area contributed by atoms with E-state index < -0.39 is 6.10 Å². The normalized spacial score (nSPS) is 50.8. The first kappa shape index (κ1) is 35.7. The highest BCUT2D eigenvalue weighted by molar-refractivity contribution is 5.68. The third kappa shape index (κ3) is 5.02. The monoisotopic (exact) mass is 712 g/mol. The van der Waals surface area contributed by atoms with Crippen molar-refractivity contribution in [2.75, 3.05) is 52.4 Å². The van der Waals surface area contributed by atoms with Gasteiger partial charge in [0.1, 0.15) is 6.10 Å². The van der Waals surface area contributed by atoms with Crippen molar-refractivity contribution in [1.29, 1.82) is 0 Å². The van der Waals surface area contributed by atoms with Gasteiger partial charge in [0, 0.05) is 51.2 Å². The van der Waals surface area contributed by atoms with Crippen LogP contribution in [0.1, 0.15) is 106 Å². The molecule has 9 aliphatic rings. The third-order valence-electron chi connectivity index (χ3n) is 18.0. The lowest BCUT2D eigenvalue weighted by atomic mass is 9.41. The number of rotatable bonds is 7. The van der Waals surface area contributed by atoms with E-state index in [4.69, 9.17) is 18.9 Å². The summed E-state index contributed by atoms with van der Waals surface area (Å²) >= 11 is 0. The van der Waals surface area contributed by atoms with Crippen molar-refractivity contribution < 1.29 is 28.8 Å². The topological polar surface area (TPSA) is 92.7 Å². The van der Waals surface area contributed by atoms with Crippen LogP contribution in [0.15, 0.2) is 0 Å². The van der Waals surface area contributed by atoms with Gasteiger partial charge in [-0.25, -0.2) is 4.79 Å². The number of hydrogen-bond donors (Lipinski definition) is 2. The van der Waals surface area contributed by atoms with Crippen LogP contribution >= 0.6 is 0 Å². The number of nitrogens with zero attached hydrogens (tertiary/aromatic N) is 2. The van der Waals surface area contributed by atoms with E-state index >= 15 is 0 Å². The molecule has 5 aliphatic carbocycles. The van der Waals surface area contributed by atoms with Crippen LogP contribution in [-0.2, 0) is 18.9 Å². The molecule has 51 heavy (non-hydrogen) atoms. The maximum Gasteiger partial charge on any atom is 0.410 e. The summed E-state index contributed by atoms with van der Waals surface area (Å²) in [6, 6.07) is 0. The van der Waals surface area contributed by atoms with E-state index in [2.05, 4.69) is 58.7 Å². The fourth-order valence-electron chi connectivity index (χ4n) is 15.0. The first-order valence-electron chi connectivity index (χ1n) is 21.2. The molecule has 4 saturated heterocycles. The lowest BCUT2D eigenvalue weighted by Crippen LogP contribution is -2.60. The molecule has 4 heterocycles. The molecular formula is C42H69N3O6. The number of aliphatic hydroxyl groups is 1. The van der Waals surface area contributed by atoms with Gasteiger partial charge in [-0.05, 0) is 115 Å². The molecule has 4 aliphatic heterocycles. The van der Waals surface area contributed by atoms with Gasteiger partial charge in [-0.15, -0.1) is 0 Å². The summed E-state index contributed by atoms with van der Waals surface area (Å²) in [5.74, 6) is 2.77. The van der Waals surface area contributed by atoms with Crippen LogP contribution in [0.2, 0.25) is 0 Å². The molecule has 9 fully saturated rings. The van der Waals surface area contributed by atoms with Crippen molar-refractivity contribution in [2.24, 2.45) is 62.6 Å². The second-order valence-corrected chi connectivity index (χ2v) is 20.7. The molecule has 2 spiro atoms. The van der Waals surface area contributed by atoms with Crippen LogP contribution in [0.5, 0.6) is 0 Å². The SMILES string of the molecule is CC(C)[C@@H](OC(=O)N1CCC1)[C@H]1C[C@@H](C)[C@H]2[C@H](O1)[C@H](O)[C@@]1(C)[C@@H]3CC[C@H]4C(C)(C)[C@@H](O[C@H]5CN(CC6CNC6)CCO5)CC[C@@]45C[C@@]35CC[C@]21C. The molecule has 0 aromatic carbocycles. The minimum absolute atomic E-state index is 0.0191. The average Bonchev–Trinajstić information content (AvgIpc) is 3.67. The van der Waals surface area contributed by atoms with E-state index in [1.165, 1.54) is 38.5 Å². The standard InChI is InChI=1S/C42H69N3O6/c1-25(2)34(51-37(47)45-15-8-16-45)28-19-26(3)33-35(49-28)36(46)40(7)30-10-9-29-38(4,5)31(11-12-41(29)24-42(30,41)14-13-39(33,40)6)50-32-23-44(17-18-48-32)22-27-20-43-21-27/h25-36,43,46H,8-24H2,1-7H3/t26-,28-,29+,30+,31+,32+,33+,34-,35+,36+,39-,40-,41-,42+/m1/s1. The van der Waals surface area contributed by atoms with E-state index in [0.29, 0.717) is 34.5 Å². The van der Waals surface area contributed by atoms with Gasteiger partial charge in [0.05, 0.1) is 31.0 Å². The van der Waals surface area contributed by atoms with Crippen molar-refractivity contribution in [3.63, 3.8) is 0 Å². The van der Waals surface area contributed by atoms with Gasteiger partial charge in [-0.2, -0.15) is 0 Å². The van der Waals surface area contributed by atoms with Gasteiger partial charge in [0.15, 0.2) is 6.29 Å². The minimum atomic E-state index is -0.511. The van der Waals surface area contributed by atoms with Crippen LogP contribution in [0.25, 0.3) is 0 Å². The Morgan fingerprint density at radius 3 is 2.43 bits per heavy atom. The van der Waals surface area contributed by atoms with E-state index in [0.717, 1.165) is 77.6 Å². The molecule has 288 valence electrons. The summed E-state index contributed by atoms with van der Waals surface area (Å²) in [6.45, 7) is 24.4. The molecule has 0 aromatic rings. The second-order valence-electron chi connectivity index (χ2n) is 20.7. The van der Waals surface area contributed by atoms with Crippen molar-refractivity contribution >= 4 is 6.09 Å². The molecule has 0 radical (unpaired) electrons. The first-order valence-corrected chi connectivity index (χ1v) is 21.2. The van der Waals surface area contributed by atoms with Gasteiger partial charge in [0.25, 0.3) is 0 Å². The fourth-order valence-corrected chi connectivity index (χ4v) is 15.0. The van der Waals surface area contributed by atoms with E-state index in [-0.39, 0.29) is 59.0 Å². The number of carbonyl (C=O) groups is 1. The van der Waals surface area contributed by atoms with Crippen LogP contribution in [0, 0.1) is 62.6 Å². The number of amides is 1. The fraction of sp³-hybridized carbons (Fsp3) is 0.976. The number of hydrogen-bond acceptors (Lipinski definition) is 8. The quantitative estimate of drug-likeness (QED) is 0.336. The zero-order chi connectivity index (χ0) is 35.7. The summed E-state index contributed by atoms with van der Waals surface area (Å²) in [5.41, 5.74) is 0.574. The number of aliphatic hydroxyl groups excluding tert-OH is 1. The van der Waals surface area contributed by atoms with Crippen molar-refractivity contribution in [3.05, 3.63) is 0 Å². The van der Waals surface area contributed by atoms with Gasteiger partial charge < -0.3 is 34.3 Å². The van der Waals surface area contributed by atoms with Crippen LogP contribution in [-0.4, -0.2) is 110 Å². The molecule has 9 nitrogen and oxygen atoms in total. The Balaban J connectivity index is 0.922. The molecule has 0 unspecified atom stereocenters. The Labute approximate surface area is 307 Å². The van der Waals surface area contributed by atoms with E-state index in [1.807, 2.05) is 0 Å². The Morgan fingerprint density at radius 1 is 1.00 bits per heavy atom. The van der Waals surface area contributed by atoms with Crippen LogP contribution < -0.4 is 5.32 Å². The van der Waals surface area contributed by atoms with Crippen molar-refractivity contribution in [3.8, 4) is 0 Å². The summed E-state index contributed by atoms with van der Waals surface area (Å²) in [7, 11) is 0. The average molecular weight is 712 g/mol. The predicted octanol–water partition coefficient (Wildman–Crippen LogP) is 5.93. The molecule has 2 N–H and O–H groups in total. The predicted molar refractivity (Wildman–Crippen MR) is 195 cm³/mol. The van der Waals surface area contributed by atoms with Crippen molar-refractivity contribution in [2.45, 2.75) is 143 Å². The lowest BCUT2D eigenvalue weighted by Gasteiger charge is -2.64. The summed E-state index contributed by atoms with van der Waals surface area (Å²) in [5, 5.41) is 16.1. The summed E-state index contributed by atoms with van der Waals surface area (Å²) in [6.07, 6.45) is 9.17. The van der Waals surface area contributed by atoms with Gasteiger partial charge in [0.2, 0.25) is 0 Å².